The van der Waals surface area contributed by atoms with Gasteiger partial charge in [-0.3, -0.25) is 0 Å². The molecule has 0 atom stereocenters. The lowest BCUT2D eigenvalue weighted by molar-refractivity contribution is 0.642. The smallest absolute Gasteiger partial charge is 0.0193 e. The van der Waals surface area contributed by atoms with Crippen molar-refractivity contribution < 1.29 is 0 Å². The van der Waals surface area contributed by atoms with Gasteiger partial charge in [-0.2, -0.15) is 0 Å². The van der Waals surface area contributed by atoms with Gasteiger partial charge in [0.2, 0.25) is 0 Å². The van der Waals surface area contributed by atoms with Crippen LogP contribution >= 0.6 is 0 Å². The average molecular weight is 200 g/mol. The largest absolute Gasteiger partial charge is 0.0692 e. The quantitative estimate of drug-likeness (QED) is 0.661. The molecule has 0 saturated carbocycles. The van der Waals surface area contributed by atoms with E-state index in [-0.39, 0.29) is 0 Å². The standard InChI is InChI=1S/C15H20/c1-11(2)10-12(3)14-9-8-13-6-4-5-7-15(13)14/h4-7,11H,8-10H2,1-3H3/b14-12+. The van der Waals surface area contributed by atoms with E-state index < -0.39 is 0 Å². The van der Waals surface area contributed by atoms with Crippen LogP contribution in [0.1, 0.15) is 44.7 Å². The monoisotopic (exact) mass is 200 g/mol. The minimum absolute atomic E-state index is 0.769. The molecule has 2 rings (SSSR count). The van der Waals surface area contributed by atoms with Crippen molar-refractivity contribution in [3.05, 3.63) is 41.0 Å². The highest BCUT2D eigenvalue weighted by atomic mass is 14.2. The zero-order valence-electron chi connectivity index (χ0n) is 10.0. The van der Waals surface area contributed by atoms with E-state index in [1.54, 1.807) is 11.1 Å². The lowest BCUT2D eigenvalue weighted by atomic mass is 9.96. The fourth-order valence-corrected chi connectivity index (χ4v) is 2.61. The van der Waals surface area contributed by atoms with E-state index in [1.165, 1.54) is 30.4 Å². The fraction of sp³-hybridized carbons (Fsp3) is 0.467. The molecule has 1 aromatic carbocycles. The molecule has 0 saturated heterocycles. The summed E-state index contributed by atoms with van der Waals surface area (Å²) in [5.74, 6) is 0.769. The number of benzene rings is 1. The SMILES string of the molecule is C/C(CC(C)C)=C1/CCc2ccccc21. The lowest BCUT2D eigenvalue weighted by Gasteiger charge is -2.10. The van der Waals surface area contributed by atoms with Crippen LogP contribution in [-0.4, -0.2) is 0 Å². The van der Waals surface area contributed by atoms with Gasteiger partial charge >= 0.3 is 0 Å². The van der Waals surface area contributed by atoms with Crippen LogP contribution in [0.3, 0.4) is 0 Å². The molecule has 80 valence electrons. The zero-order chi connectivity index (χ0) is 10.8. The molecule has 0 unspecified atom stereocenters. The topological polar surface area (TPSA) is 0 Å². The minimum Gasteiger partial charge on any atom is -0.0692 e. The van der Waals surface area contributed by atoms with Crippen LogP contribution < -0.4 is 0 Å². The van der Waals surface area contributed by atoms with E-state index in [0.717, 1.165) is 5.92 Å². The van der Waals surface area contributed by atoms with Crippen molar-refractivity contribution >= 4 is 5.57 Å². The molecule has 0 N–H and O–H groups in total. The molecule has 0 fully saturated rings. The summed E-state index contributed by atoms with van der Waals surface area (Å²) in [6.07, 6.45) is 3.72. The second kappa shape index (κ2) is 4.22. The summed E-state index contributed by atoms with van der Waals surface area (Å²) in [6.45, 7) is 6.90. The maximum absolute atomic E-state index is 2.30. The average Bonchev–Trinajstić information content (AvgIpc) is 2.59. The van der Waals surface area contributed by atoms with Gasteiger partial charge in [-0.15, -0.1) is 0 Å². The van der Waals surface area contributed by atoms with Crippen LogP contribution in [0, 0.1) is 5.92 Å². The first kappa shape index (κ1) is 10.5. The number of aryl methyl sites for hydroxylation is 1. The highest BCUT2D eigenvalue weighted by Crippen LogP contribution is 2.35. The Labute approximate surface area is 93.0 Å². The number of rotatable bonds is 2. The van der Waals surface area contributed by atoms with Gasteiger partial charge in [0.15, 0.2) is 0 Å². The Hall–Kier alpha value is -1.04. The molecule has 0 radical (unpaired) electrons. The first-order valence-corrected chi connectivity index (χ1v) is 5.95. The van der Waals surface area contributed by atoms with Crippen LogP contribution in [0.2, 0.25) is 0 Å². The molecule has 0 heterocycles. The molecule has 1 aromatic rings. The molecule has 0 nitrogen and oxygen atoms in total. The second-order valence-corrected chi connectivity index (χ2v) is 5.01. The first-order valence-electron chi connectivity index (χ1n) is 5.95. The Bertz CT molecular complexity index is 383. The van der Waals surface area contributed by atoms with Crippen LogP contribution in [0.5, 0.6) is 0 Å². The van der Waals surface area contributed by atoms with E-state index in [2.05, 4.69) is 45.0 Å². The Morgan fingerprint density at radius 3 is 2.67 bits per heavy atom. The summed E-state index contributed by atoms with van der Waals surface area (Å²) in [5, 5.41) is 0. The van der Waals surface area contributed by atoms with Crippen LogP contribution in [-0.2, 0) is 6.42 Å². The van der Waals surface area contributed by atoms with E-state index in [9.17, 15) is 0 Å². The summed E-state index contributed by atoms with van der Waals surface area (Å²) >= 11 is 0. The van der Waals surface area contributed by atoms with Crippen molar-refractivity contribution in [3.63, 3.8) is 0 Å². The van der Waals surface area contributed by atoms with Crippen molar-refractivity contribution in [2.45, 2.75) is 40.0 Å². The van der Waals surface area contributed by atoms with Crippen LogP contribution in [0.15, 0.2) is 29.8 Å². The molecular formula is C15H20. The van der Waals surface area contributed by atoms with Gasteiger partial charge < -0.3 is 0 Å². The summed E-state index contributed by atoms with van der Waals surface area (Å²) < 4.78 is 0. The van der Waals surface area contributed by atoms with E-state index in [0.29, 0.717) is 0 Å². The third-order valence-electron chi connectivity index (χ3n) is 3.22. The van der Waals surface area contributed by atoms with E-state index in [4.69, 9.17) is 0 Å². The minimum atomic E-state index is 0.769. The molecule has 1 aliphatic carbocycles. The van der Waals surface area contributed by atoms with Crippen molar-refractivity contribution in [1.82, 2.24) is 0 Å². The Balaban J connectivity index is 2.34. The number of fused-ring (bicyclic) bond motifs is 1. The molecule has 1 aliphatic rings. The third-order valence-corrected chi connectivity index (χ3v) is 3.22. The van der Waals surface area contributed by atoms with Gasteiger partial charge in [-0.05, 0) is 48.8 Å². The maximum atomic E-state index is 2.30. The molecule has 0 aliphatic heterocycles. The normalized spacial score (nSPS) is 18.1. The van der Waals surface area contributed by atoms with Gasteiger partial charge in [0.25, 0.3) is 0 Å². The molecule has 0 amide bonds. The van der Waals surface area contributed by atoms with Gasteiger partial charge in [-0.1, -0.05) is 43.7 Å². The Morgan fingerprint density at radius 1 is 1.20 bits per heavy atom. The lowest BCUT2D eigenvalue weighted by Crippen LogP contribution is -1.91. The maximum Gasteiger partial charge on any atom is -0.0193 e. The number of hydrogen-bond donors (Lipinski definition) is 0. The van der Waals surface area contributed by atoms with E-state index in [1.807, 2.05) is 0 Å². The molecule has 15 heavy (non-hydrogen) atoms. The van der Waals surface area contributed by atoms with Crippen molar-refractivity contribution in [2.24, 2.45) is 5.92 Å². The van der Waals surface area contributed by atoms with Crippen LogP contribution in [0.4, 0.5) is 0 Å². The predicted octanol–water partition coefficient (Wildman–Crippen LogP) is 4.45. The zero-order valence-corrected chi connectivity index (χ0v) is 10.0. The van der Waals surface area contributed by atoms with Gasteiger partial charge in [-0.25, -0.2) is 0 Å². The Morgan fingerprint density at radius 2 is 1.93 bits per heavy atom. The van der Waals surface area contributed by atoms with Crippen LogP contribution in [0.25, 0.3) is 5.57 Å². The van der Waals surface area contributed by atoms with Crippen molar-refractivity contribution in [1.29, 1.82) is 0 Å². The Kier molecular flexibility index (Phi) is 2.95. The van der Waals surface area contributed by atoms with Crippen molar-refractivity contribution in [3.8, 4) is 0 Å². The summed E-state index contributed by atoms with van der Waals surface area (Å²) in [4.78, 5) is 0. The highest BCUT2D eigenvalue weighted by molar-refractivity contribution is 5.74. The molecule has 0 aromatic heterocycles. The van der Waals surface area contributed by atoms with Gasteiger partial charge in [0.1, 0.15) is 0 Å². The summed E-state index contributed by atoms with van der Waals surface area (Å²) in [7, 11) is 0. The predicted molar refractivity (Wildman–Crippen MR) is 66.8 cm³/mol. The molecule has 0 heteroatoms. The van der Waals surface area contributed by atoms with Gasteiger partial charge in [0, 0.05) is 0 Å². The second-order valence-electron chi connectivity index (χ2n) is 5.01. The van der Waals surface area contributed by atoms with Crippen molar-refractivity contribution in [2.75, 3.05) is 0 Å². The fourth-order valence-electron chi connectivity index (χ4n) is 2.61. The number of allylic oxidation sites excluding steroid dienone is 2. The third kappa shape index (κ3) is 2.14. The molecular weight excluding hydrogens is 180 g/mol. The number of hydrogen-bond acceptors (Lipinski definition) is 0. The van der Waals surface area contributed by atoms with Gasteiger partial charge in [0.05, 0.1) is 0 Å². The highest BCUT2D eigenvalue weighted by Gasteiger charge is 2.17. The summed E-state index contributed by atoms with van der Waals surface area (Å²) in [5.41, 5.74) is 6.25. The molecule has 0 spiro atoms. The molecule has 0 bridgehead atoms. The summed E-state index contributed by atoms with van der Waals surface area (Å²) in [6, 6.07) is 8.86. The first-order chi connectivity index (χ1) is 7.18. The van der Waals surface area contributed by atoms with E-state index >= 15 is 0 Å².